The van der Waals surface area contributed by atoms with Crippen molar-refractivity contribution in [2.45, 2.75) is 38.3 Å². The van der Waals surface area contributed by atoms with Gasteiger partial charge in [-0.15, -0.1) is 0 Å². The number of hydrogen-bond acceptors (Lipinski definition) is 7. The smallest absolute Gasteiger partial charge is 0.332 e. The fraction of sp³-hybridized carbons (Fsp3) is 0.667. The highest BCUT2D eigenvalue weighted by molar-refractivity contribution is 5.60. The van der Waals surface area contributed by atoms with Crippen molar-refractivity contribution in [1.29, 1.82) is 0 Å². The van der Waals surface area contributed by atoms with Crippen LogP contribution in [0.15, 0.2) is 0 Å². The van der Waals surface area contributed by atoms with Crippen LogP contribution >= 0.6 is 0 Å². The Morgan fingerprint density at radius 1 is 1.40 bits per heavy atom. The van der Waals surface area contributed by atoms with Gasteiger partial charge in [0, 0.05) is 25.2 Å². The Hall–Kier alpha value is -1.96. The lowest BCUT2D eigenvalue weighted by Gasteiger charge is -2.16. The van der Waals surface area contributed by atoms with Crippen molar-refractivity contribution < 1.29 is 4.92 Å². The number of anilines is 2. The first-order valence-electron chi connectivity index (χ1n) is 6.83. The molecule has 1 aromatic rings. The molecule has 8 heteroatoms. The van der Waals surface area contributed by atoms with E-state index in [2.05, 4.69) is 20.2 Å². The van der Waals surface area contributed by atoms with Crippen LogP contribution in [0.5, 0.6) is 0 Å². The molecule has 3 rings (SSSR count). The van der Waals surface area contributed by atoms with Crippen molar-refractivity contribution in [1.82, 2.24) is 14.9 Å². The van der Waals surface area contributed by atoms with Crippen LogP contribution in [0.1, 0.15) is 25.0 Å². The molecule has 0 radical (unpaired) electrons. The third-order valence-corrected chi connectivity index (χ3v) is 3.88. The maximum absolute atomic E-state index is 11.1. The number of aryl methyl sites for hydroxylation is 1. The zero-order chi connectivity index (χ0) is 14.3. The lowest BCUT2D eigenvalue weighted by Crippen LogP contribution is -2.28. The molecule has 1 unspecified atom stereocenters. The zero-order valence-corrected chi connectivity index (χ0v) is 11.4. The molecule has 3 N–H and O–H groups in total. The number of nitro groups is 1. The summed E-state index contributed by atoms with van der Waals surface area (Å²) < 4.78 is 0. The summed E-state index contributed by atoms with van der Waals surface area (Å²) in [6, 6.07) is 0.900. The third kappa shape index (κ3) is 2.51. The third-order valence-electron chi connectivity index (χ3n) is 3.88. The second kappa shape index (κ2) is 4.86. The van der Waals surface area contributed by atoms with Crippen LogP contribution in [-0.4, -0.2) is 45.0 Å². The average molecular weight is 278 g/mol. The van der Waals surface area contributed by atoms with Crippen LogP contribution in [0.25, 0.3) is 0 Å². The van der Waals surface area contributed by atoms with Gasteiger partial charge in [0.15, 0.2) is 0 Å². The van der Waals surface area contributed by atoms with Gasteiger partial charge in [-0.1, -0.05) is 0 Å². The zero-order valence-electron chi connectivity index (χ0n) is 11.4. The van der Waals surface area contributed by atoms with Crippen LogP contribution in [0.2, 0.25) is 0 Å². The van der Waals surface area contributed by atoms with Gasteiger partial charge in [-0.3, -0.25) is 15.0 Å². The summed E-state index contributed by atoms with van der Waals surface area (Å²) in [6.45, 7) is 3.52. The maximum Gasteiger partial charge on any atom is 0.332 e. The molecule has 0 spiro atoms. The second-order valence-corrected chi connectivity index (χ2v) is 5.48. The minimum atomic E-state index is -0.454. The van der Waals surface area contributed by atoms with Crippen molar-refractivity contribution in [3.63, 3.8) is 0 Å². The molecule has 1 saturated carbocycles. The first kappa shape index (κ1) is 13.0. The van der Waals surface area contributed by atoms with Gasteiger partial charge in [-0.25, -0.2) is 4.98 Å². The average Bonchev–Trinajstić information content (AvgIpc) is 3.09. The molecule has 8 nitrogen and oxygen atoms in total. The first-order valence-corrected chi connectivity index (χ1v) is 6.83. The van der Waals surface area contributed by atoms with E-state index in [1.165, 1.54) is 12.8 Å². The van der Waals surface area contributed by atoms with Crippen molar-refractivity contribution in [3.05, 3.63) is 15.8 Å². The molecule has 0 aromatic carbocycles. The Bertz CT molecular complexity index is 545. The predicted molar refractivity (Wildman–Crippen MR) is 74.5 cm³/mol. The number of nitrogens with one attached hydrogen (secondary N) is 1. The lowest BCUT2D eigenvalue weighted by atomic mass is 10.2. The number of nitrogens with two attached hydrogens (primary N) is 1. The van der Waals surface area contributed by atoms with Crippen LogP contribution < -0.4 is 11.1 Å². The van der Waals surface area contributed by atoms with E-state index < -0.39 is 4.92 Å². The van der Waals surface area contributed by atoms with Gasteiger partial charge in [0.05, 0.1) is 4.92 Å². The Balaban J connectivity index is 1.78. The quantitative estimate of drug-likeness (QED) is 0.622. The highest BCUT2D eigenvalue weighted by Gasteiger charge is 2.35. The van der Waals surface area contributed by atoms with E-state index in [0.717, 1.165) is 19.5 Å². The molecule has 2 heterocycles. The van der Waals surface area contributed by atoms with Gasteiger partial charge in [0.1, 0.15) is 5.69 Å². The van der Waals surface area contributed by atoms with E-state index in [0.29, 0.717) is 11.7 Å². The second-order valence-electron chi connectivity index (χ2n) is 5.48. The van der Waals surface area contributed by atoms with Crippen molar-refractivity contribution in [2.24, 2.45) is 0 Å². The van der Waals surface area contributed by atoms with Gasteiger partial charge < -0.3 is 11.1 Å². The van der Waals surface area contributed by atoms with Gasteiger partial charge in [0.25, 0.3) is 0 Å². The van der Waals surface area contributed by atoms with Gasteiger partial charge in [0.2, 0.25) is 11.8 Å². The van der Waals surface area contributed by atoms with Crippen LogP contribution in [0, 0.1) is 17.0 Å². The Labute approximate surface area is 116 Å². The Morgan fingerprint density at radius 2 is 2.15 bits per heavy atom. The summed E-state index contributed by atoms with van der Waals surface area (Å²) in [5, 5.41) is 14.3. The first-order chi connectivity index (χ1) is 9.54. The minimum Gasteiger partial charge on any atom is -0.368 e. The minimum absolute atomic E-state index is 0.0626. The van der Waals surface area contributed by atoms with Crippen molar-refractivity contribution >= 4 is 17.5 Å². The standard InChI is InChI=1S/C12H18N6O2/c1-7-10(18(19)20)11(16-12(13)14-7)15-8-4-5-17(6-8)9-2-3-9/h8-9H,2-6H2,1H3,(H3,13,14,15,16). The predicted octanol–water partition coefficient (Wildman–Crippen LogP) is 0.924. The number of aromatic nitrogens is 2. The van der Waals surface area contributed by atoms with E-state index in [1.807, 2.05) is 0 Å². The summed E-state index contributed by atoms with van der Waals surface area (Å²) in [7, 11) is 0. The molecule has 2 fully saturated rings. The molecule has 1 aliphatic carbocycles. The molecule has 0 amide bonds. The fourth-order valence-electron chi connectivity index (χ4n) is 2.78. The molecule has 1 aromatic heterocycles. The van der Waals surface area contributed by atoms with Crippen molar-refractivity contribution in [2.75, 3.05) is 24.1 Å². The van der Waals surface area contributed by atoms with E-state index in [9.17, 15) is 10.1 Å². The van der Waals surface area contributed by atoms with Crippen molar-refractivity contribution in [3.8, 4) is 0 Å². The van der Waals surface area contributed by atoms with Gasteiger partial charge in [-0.05, 0) is 26.2 Å². The molecule has 2 aliphatic rings. The SMILES string of the molecule is Cc1nc(N)nc(NC2CCN(C3CC3)C2)c1[N+](=O)[O-]. The molecule has 108 valence electrons. The van der Waals surface area contributed by atoms with Crippen LogP contribution in [0.4, 0.5) is 17.5 Å². The van der Waals surface area contributed by atoms with Gasteiger partial charge in [-0.2, -0.15) is 4.98 Å². The Kier molecular flexibility index (Phi) is 3.17. The van der Waals surface area contributed by atoms with E-state index in [-0.39, 0.29) is 23.5 Å². The molecule has 20 heavy (non-hydrogen) atoms. The molecular formula is C12H18N6O2. The molecule has 0 bridgehead atoms. The summed E-state index contributed by atoms with van der Waals surface area (Å²) in [6.07, 6.45) is 3.51. The normalized spacial score (nSPS) is 22.9. The summed E-state index contributed by atoms with van der Waals surface area (Å²) in [5.74, 6) is 0.301. The molecule has 1 atom stereocenters. The Morgan fingerprint density at radius 3 is 2.80 bits per heavy atom. The highest BCUT2D eigenvalue weighted by atomic mass is 16.6. The molecular weight excluding hydrogens is 260 g/mol. The molecule has 1 aliphatic heterocycles. The number of hydrogen-bond donors (Lipinski definition) is 2. The monoisotopic (exact) mass is 278 g/mol. The highest BCUT2D eigenvalue weighted by Crippen LogP contribution is 2.32. The summed E-state index contributed by atoms with van der Waals surface area (Å²) in [4.78, 5) is 21.0. The molecule has 1 saturated heterocycles. The largest absolute Gasteiger partial charge is 0.368 e. The van der Waals surface area contributed by atoms with E-state index in [4.69, 9.17) is 5.73 Å². The van der Waals surface area contributed by atoms with Crippen LogP contribution in [0.3, 0.4) is 0 Å². The fourth-order valence-corrected chi connectivity index (χ4v) is 2.78. The van der Waals surface area contributed by atoms with E-state index in [1.54, 1.807) is 6.92 Å². The number of rotatable bonds is 4. The topological polar surface area (TPSA) is 110 Å². The number of likely N-dealkylation sites (tertiary alicyclic amines) is 1. The summed E-state index contributed by atoms with van der Waals surface area (Å²) >= 11 is 0. The summed E-state index contributed by atoms with van der Waals surface area (Å²) in [5.41, 5.74) is 5.81. The number of nitrogens with zero attached hydrogens (tertiary/aromatic N) is 4. The van der Waals surface area contributed by atoms with Gasteiger partial charge >= 0.3 is 5.69 Å². The lowest BCUT2D eigenvalue weighted by molar-refractivity contribution is -0.385. The number of nitrogen functional groups attached to an aromatic ring is 1. The van der Waals surface area contributed by atoms with E-state index >= 15 is 0 Å². The van der Waals surface area contributed by atoms with Crippen LogP contribution in [-0.2, 0) is 0 Å². The maximum atomic E-state index is 11.1.